The standard InChI is InChI=1S/C11H13N5O2/c12-11(18)10-8-5-13-3-1-9(8)16(14-10)15-4-2-7(17)6-15/h1,3,5,7,17H,2,4,6H2,(H2,12,18)/t7-/m1/s1. The second-order valence-corrected chi connectivity index (χ2v) is 4.35. The Morgan fingerprint density at radius 1 is 1.56 bits per heavy atom. The molecule has 0 aliphatic carbocycles. The summed E-state index contributed by atoms with van der Waals surface area (Å²) in [6.45, 7) is 1.19. The zero-order valence-electron chi connectivity index (χ0n) is 9.65. The molecule has 0 saturated carbocycles. The molecule has 1 amide bonds. The van der Waals surface area contributed by atoms with E-state index in [2.05, 4.69) is 10.1 Å². The van der Waals surface area contributed by atoms with Crippen molar-refractivity contribution in [3.05, 3.63) is 24.2 Å². The van der Waals surface area contributed by atoms with Crippen molar-refractivity contribution in [3.63, 3.8) is 0 Å². The quantitative estimate of drug-likeness (QED) is 0.726. The molecule has 1 saturated heterocycles. The SMILES string of the molecule is NC(=O)c1nn(N2CC[C@@H](O)C2)c2ccncc12. The minimum Gasteiger partial charge on any atom is -0.391 e. The van der Waals surface area contributed by atoms with Gasteiger partial charge in [-0.15, -0.1) is 5.10 Å². The molecule has 0 bridgehead atoms. The molecule has 94 valence electrons. The first-order chi connectivity index (χ1) is 8.66. The molecule has 2 aromatic rings. The highest BCUT2D eigenvalue weighted by Gasteiger charge is 2.24. The number of carbonyl (C=O) groups excluding carboxylic acids is 1. The molecule has 7 heteroatoms. The maximum Gasteiger partial charge on any atom is 0.269 e. The minimum absolute atomic E-state index is 0.208. The third-order valence-corrected chi connectivity index (χ3v) is 3.11. The number of fused-ring (bicyclic) bond motifs is 1. The first kappa shape index (κ1) is 11.0. The van der Waals surface area contributed by atoms with Crippen LogP contribution in [0.25, 0.3) is 10.9 Å². The van der Waals surface area contributed by atoms with Crippen molar-refractivity contribution in [3.8, 4) is 0 Å². The van der Waals surface area contributed by atoms with Crippen molar-refractivity contribution in [2.24, 2.45) is 5.73 Å². The van der Waals surface area contributed by atoms with Crippen molar-refractivity contribution in [2.75, 3.05) is 18.1 Å². The van der Waals surface area contributed by atoms with Crippen LogP contribution in [0.2, 0.25) is 0 Å². The summed E-state index contributed by atoms with van der Waals surface area (Å²) in [6.07, 6.45) is 3.55. The summed E-state index contributed by atoms with van der Waals surface area (Å²) >= 11 is 0. The monoisotopic (exact) mass is 247 g/mol. The summed E-state index contributed by atoms with van der Waals surface area (Å²) in [6, 6.07) is 1.78. The lowest BCUT2D eigenvalue weighted by Crippen LogP contribution is -2.34. The number of hydrogen-bond donors (Lipinski definition) is 2. The van der Waals surface area contributed by atoms with E-state index in [1.807, 2.05) is 5.01 Å². The third kappa shape index (κ3) is 1.60. The molecule has 0 radical (unpaired) electrons. The number of primary amides is 1. The number of carbonyl (C=O) groups is 1. The Bertz CT molecular complexity index is 608. The molecule has 1 atom stereocenters. The average molecular weight is 247 g/mol. The van der Waals surface area contributed by atoms with E-state index < -0.39 is 5.91 Å². The molecule has 1 aliphatic rings. The predicted octanol–water partition coefficient (Wildman–Crippen LogP) is -0.767. The largest absolute Gasteiger partial charge is 0.391 e. The number of pyridine rings is 1. The molecule has 3 heterocycles. The Hall–Kier alpha value is -2.15. The average Bonchev–Trinajstić information content (AvgIpc) is 2.92. The van der Waals surface area contributed by atoms with Crippen LogP contribution in [0.1, 0.15) is 16.9 Å². The second-order valence-electron chi connectivity index (χ2n) is 4.35. The van der Waals surface area contributed by atoms with Crippen molar-refractivity contribution in [1.29, 1.82) is 0 Å². The molecule has 7 nitrogen and oxygen atoms in total. The van der Waals surface area contributed by atoms with Crippen LogP contribution >= 0.6 is 0 Å². The van der Waals surface area contributed by atoms with Gasteiger partial charge in [0, 0.05) is 18.9 Å². The second kappa shape index (κ2) is 3.95. The molecule has 2 aromatic heterocycles. The van der Waals surface area contributed by atoms with Gasteiger partial charge in [0.15, 0.2) is 5.69 Å². The molecule has 3 N–H and O–H groups in total. The lowest BCUT2D eigenvalue weighted by molar-refractivity contribution is 0.0996. The van der Waals surface area contributed by atoms with E-state index in [0.29, 0.717) is 24.9 Å². The summed E-state index contributed by atoms with van der Waals surface area (Å²) in [5, 5.41) is 16.3. The van der Waals surface area contributed by atoms with Crippen LogP contribution in [0.3, 0.4) is 0 Å². The van der Waals surface area contributed by atoms with Crippen LogP contribution < -0.4 is 10.7 Å². The Balaban J connectivity index is 2.14. The van der Waals surface area contributed by atoms with E-state index in [9.17, 15) is 9.90 Å². The van der Waals surface area contributed by atoms with Gasteiger partial charge in [0.1, 0.15) is 0 Å². The Labute approximate surface area is 103 Å². The summed E-state index contributed by atoms with van der Waals surface area (Å²) in [4.78, 5) is 17.0. The molecule has 0 aromatic carbocycles. The van der Waals surface area contributed by atoms with Crippen LogP contribution in [0.4, 0.5) is 0 Å². The van der Waals surface area contributed by atoms with E-state index in [1.54, 1.807) is 23.3 Å². The molecule has 3 rings (SSSR count). The Morgan fingerprint density at radius 3 is 3.06 bits per heavy atom. The van der Waals surface area contributed by atoms with Gasteiger partial charge in [-0.1, -0.05) is 0 Å². The number of aliphatic hydroxyl groups excluding tert-OH is 1. The van der Waals surface area contributed by atoms with Gasteiger partial charge in [0.05, 0.1) is 23.6 Å². The first-order valence-electron chi connectivity index (χ1n) is 5.72. The molecule has 1 aliphatic heterocycles. The van der Waals surface area contributed by atoms with Gasteiger partial charge in [0.25, 0.3) is 5.91 Å². The number of nitrogens with two attached hydrogens (primary N) is 1. The van der Waals surface area contributed by atoms with E-state index in [1.165, 1.54) is 0 Å². The normalized spacial score (nSPS) is 19.6. The Kier molecular flexibility index (Phi) is 2.41. The number of aliphatic hydroxyl groups is 1. The molecule has 1 fully saturated rings. The smallest absolute Gasteiger partial charge is 0.269 e. The van der Waals surface area contributed by atoms with Gasteiger partial charge < -0.3 is 10.8 Å². The van der Waals surface area contributed by atoms with Gasteiger partial charge in [-0.05, 0) is 12.5 Å². The van der Waals surface area contributed by atoms with Crippen LogP contribution in [0, 0.1) is 0 Å². The van der Waals surface area contributed by atoms with E-state index in [0.717, 1.165) is 5.52 Å². The predicted molar refractivity (Wildman–Crippen MR) is 64.6 cm³/mol. The maximum absolute atomic E-state index is 11.4. The fourth-order valence-corrected chi connectivity index (χ4v) is 2.24. The number of amides is 1. The molecule has 18 heavy (non-hydrogen) atoms. The molecule has 0 spiro atoms. The lowest BCUT2D eigenvalue weighted by Gasteiger charge is -2.18. The van der Waals surface area contributed by atoms with Crippen molar-refractivity contribution in [1.82, 2.24) is 14.9 Å². The van der Waals surface area contributed by atoms with Crippen molar-refractivity contribution < 1.29 is 9.90 Å². The van der Waals surface area contributed by atoms with Crippen molar-refractivity contribution >= 4 is 16.8 Å². The van der Waals surface area contributed by atoms with Gasteiger partial charge in [0.2, 0.25) is 0 Å². The highest BCUT2D eigenvalue weighted by Crippen LogP contribution is 2.19. The maximum atomic E-state index is 11.4. The molecular formula is C11H13N5O2. The number of β-amino-alcohol motifs (C(OH)–C–C–N with tert-alkyl or cyclic N) is 1. The summed E-state index contributed by atoms with van der Waals surface area (Å²) in [7, 11) is 0. The molecular weight excluding hydrogens is 234 g/mol. The fraction of sp³-hybridized carbons (Fsp3) is 0.364. The topological polar surface area (TPSA) is 97.3 Å². The van der Waals surface area contributed by atoms with Crippen LogP contribution in [-0.4, -0.2) is 45.1 Å². The van der Waals surface area contributed by atoms with Crippen LogP contribution in [0.5, 0.6) is 0 Å². The van der Waals surface area contributed by atoms with Gasteiger partial charge in [-0.2, -0.15) is 4.79 Å². The lowest BCUT2D eigenvalue weighted by atomic mass is 10.2. The van der Waals surface area contributed by atoms with Crippen molar-refractivity contribution in [2.45, 2.75) is 12.5 Å². The first-order valence-corrected chi connectivity index (χ1v) is 5.72. The highest BCUT2D eigenvalue weighted by molar-refractivity contribution is 6.03. The third-order valence-electron chi connectivity index (χ3n) is 3.11. The summed E-state index contributed by atoms with van der Waals surface area (Å²) < 4.78 is 0. The van der Waals surface area contributed by atoms with Crippen LogP contribution in [-0.2, 0) is 0 Å². The van der Waals surface area contributed by atoms with Gasteiger partial charge >= 0.3 is 0 Å². The summed E-state index contributed by atoms with van der Waals surface area (Å²) in [5.74, 6) is -0.577. The highest BCUT2D eigenvalue weighted by atomic mass is 16.3. The van der Waals surface area contributed by atoms with E-state index >= 15 is 0 Å². The molecule has 0 unspecified atom stereocenters. The number of aromatic nitrogens is 3. The Morgan fingerprint density at radius 2 is 2.39 bits per heavy atom. The minimum atomic E-state index is -0.577. The number of rotatable bonds is 2. The van der Waals surface area contributed by atoms with Crippen LogP contribution in [0.15, 0.2) is 18.5 Å². The van der Waals surface area contributed by atoms with Gasteiger partial charge in [-0.25, -0.2) is 0 Å². The van der Waals surface area contributed by atoms with E-state index in [-0.39, 0.29) is 11.8 Å². The zero-order chi connectivity index (χ0) is 12.7. The fourth-order valence-electron chi connectivity index (χ4n) is 2.24. The zero-order valence-corrected chi connectivity index (χ0v) is 9.65. The summed E-state index contributed by atoms with van der Waals surface area (Å²) in [5.41, 5.74) is 6.29. The van der Waals surface area contributed by atoms with Gasteiger partial charge in [-0.3, -0.25) is 14.8 Å². The number of nitrogens with zero attached hydrogens (tertiary/aromatic N) is 4. The van der Waals surface area contributed by atoms with E-state index in [4.69, 9.17) is 5.73 Å². The number of hydrogen-bond acceptors (Lipinski definition) is 5.